The Kier molecular flexibility index (Phi) is 4.22. The van der Waals surface area contributed by atoms with Crippen molar-refractivity contribution in [2.24, 2.45) is 0 Å². The third-order valence-electron chi connectivity index (χ3n) is 3.48. The van der Waals surface area contributed by atoms with Crippen LogP contribution in [0.3, 0.4) is 0 Å². The molecular formula is C13H20N2O4S. The lowest BCUT2D eigenvalue weighted by molar-refractivity contribution is -0.0543. The van der Waals surface area contributed by atoms with Crippen LogP contribution in [0.25, 0.3) is 0 Å². The number of aliphatic hydroxyl groups is 1. The van der Waals surface area contributed by atoms with Gasteiger partial charge in [-0.05, 0) is 18.2 Å². The van der Waals surface area contributed by atoms with Crippen LogP contribution in [-0.2, 0) is 14.6 Å². The number of sulfone groups is 1. The van der Waals surface area contributed by atoms with E-state index in [0.717, 1.165) is 6.26 Å². The van der Waals surface area contributed by atoms with Gasteiger partial charge >= 0.3 is 0 Å². The monoisotopic (exact) mass is 300 g/mol. The van der Waals surface area contributed by atoms with Gasteiger partial charge in [0.15, 0.2) is 9.84 Å². The highest BCUT2D eigenvalue weighted by Gasteiger charge is 2.29. The van der Waals surface area contributed by atoms with Gasteiger partial charge in [-0.15, -0.1) is 0 Å². The Morgan fingerprint density at radius 2 is 2.05 bits per heavy atom. The van der Waals surface area contributed by atoms with Gasteiger partial charge < -0.3 is 20.9 Å². The van der Waals surface area contributed by atoms with Gasteiger partial charge in [-0.2, -0.15) is 0 Å². The molecule has 0 aromatic heterocycles. The van der Waals surface area contributed by atoms with Gasteiger partial charge in [0.25, 0.3) is 0 Å². The number of rotatable bonds is 4. The molecule has 1 heterocycles. The summed E-state index contributed by atoms with van der Waals surface area (Å²) in [6.45, 7) is 1.44. The molecule has 0 amide bonds. The summed E-state index contributed by atoms with van der Waals surface area (Å²) in [7, 11) is -3.26. The second-order valence-corrected chi connectivity index (χ2v) is 7.23. The average Bonchev–Trinajstić information content (AvgIpc) is 2.37. The molecular weight excluding hydrogens is 280 g/mol. The number of anilines is 2. The van der Waals surface area contributed by atoms with Crippen LogP contribution in [0.1, 0.15) is 12.8 Å². The van der Waals surface area contributed by atoms with Crippen molar-refractivity contribution in [2.75, 3.05) is 37.1 Å². The highest BCUT2D eigenvalue weighted by Crippen LogP contribution is 2.25. The fourth-order valence-electron chi connectivity index (χ4n) is 2.12. The number of nitrogens with one attached hydrogen (secondary N) is 1. The first-order chi connectivity index (χ1) is 9.30. The maximum absolute atomic E-state index is 11.4. The zero-order valence-corrected chi connectivity index (χ0v) is 12.2. The Labute approximate surface area is 118 Å². The van der Waals surface area contributed by atoms with E-state index in [0.29, 0.717) is 44.0 Å². The molecule has 1 aromatic rings. The Bertz CT molecular complexity index is 580. The van der Waals surface area contributed by atoms with Crippen LogP contribution < -0.4 is 11.1 Å². The maximum Gasteiger partial charge on any atom is 0.175 e. The minimum atomic E-state index is -3.26. The van der Waals surface area contributed by atoms with E-state index in [-0.39, 0.29) is 4.90 Å². The molecule has 112 valence electrons. The van der Waals surface area contributed by atoms with Crippen LogP contribution in [-0.4, -0.2) is 45.1 Å². The van der Waals surface area contributed by atoms with E-state index in [2.05, 4.69) is 5.32 Å². The minimum Gasteiger partial charge on any atom is -0.397 e. The molecule has 4 N–H and O–H groups in total. The van der Waals surface area contributed by atoms with Gasteiger partial charge in [-0.1, -0.05) is 0 Å². The highest BCUT2D eigenvalue weighted by atomic mass is 32.2. The average molecular weight is 300 g/mol. The van der Waals surface area contributed by atoms with E-state index >= 15 is 0 Å². The normalized spacial score (nSPS) is 18.7. The summed E-state index contributed by atoms with van der Waals surface area (Å²) in [5.41, 5.74) is 6.01. The first-order valence-corrected chi connectivity index (χ1v) is 8.33. The Morgan fingerprint density at radius 3 is 2.60 bits per heavy atom. The van der Waals surface area contributed by atoms with Crippen molar-refractivity contribution in [3.05, 3.63) is 18.2 Å². The lowest BCUT2D eigenvalue weighted by Crippen LogP contribution is -2.42. The van der Waals surface area contributed by atoms with E-state index in [1.807, 2.05) is 0 Å². The molecule has 1 aromatic carbocycles. The van der Waals surface area contributed by atoms with Crippen molar-refractivity contribution >= 4 is 21.2 Å². The molecule has 0 unspecified atom stereocenters. The number of ether oxygens (including phenoxy) is 1. The number of nitrogens with two attached hydrogens (primary N) is 1. The van der Waals surface area contributed by atoms with Gasteiger partial charge in [0.2, 0.25) is 0 Å². The zero-order chi connectivity index (χ0) is 14.8. The summed E-state index contributed by atoms with van der Waals surface area (Å²) in [6, 6.07) is 4.54. The first kappa shape index (κ1) is 15.1. The molecule has 1 aliphatic heterocycles. The van der Waals surface area contributed by atoms with Crippen LogP contribution in [0.5, 0.6) is 0 Å². The first-order valence-electron chi connectivity index (χ1n) is 6.44. The Morgan fingerprint density at radius 1 is 1.40 bits per heavy atom. The SMILES string of the molecule is CS(=O)(=O)c1ccc(NCC2(O)CCOCC2)c(N)c1. The van der Waals surface area contributed by atoms with Crippen molar-refractivity contribution in [1.82, 2.24) is 0 Å². The molecule has 20 heavy (non-hydrogen) atoms. The fraction of sp³-hybridized carbons (Fsp3) is 0.538. The van der Waals surface area contributed by atoms with Gasteiger partial charge in [0.05, 0.1) is 21.9 Å². The molecule has 0 saturated carbocycles. The van der Waals surface area contributed by atoms with Crippen LogP contribution in [0.2, 0.25) is 0 Å². The molecule has 0 atom stereocenters. The van der Waals surface area contributed by atoms with Crippen molar-refractivity contribution in [2.45, 2.75) is 23.3 Å². The van der Waals surface area contributed by atoms with Gasteiger partial charge in [-0.25, -0.2) is 8.42 Å². The molecule has 1 fully saturated rings. The van der Waals surface area contributed by atoms with Gasteiger partial charge in [-0.3, -0.25) is 0 Å². The van der Waals surface area contributed by atoms with E-state index in [4.69, 9.17) is 10.5 Å². The summed E-state index contributed by atoms with van der Waals surface area (Å²) in [5.74, 6) is 0. The molecule has 0 spiro atoms. The van der Waals surface area contributed by atoms with E-state index in [1.54, 1.807) is 6.07 Å². The molecule has 1 saturated heterocycles. The number of hydrogen-bond donors (Lipinski definition) is 3. The van der Waals surface area contributed by atoms with Crippen molar-refractivity contribution in [3.8, 4) is 0 Å². The van der Waals surface area contributed by atoms with Crippen molar-refractivity contribution in [3.63, 3.8) is 0 Å². The molecule has 0 aliphatic carbocycles. The number of nitrogen functional groups attached to an aromatic ring is 1. The summed E-state index contributed by atoms with van der Waals surface area (Å²) in [5, 5.41) is 13.4. The number of benzene rings is 1. The van der Waals surface area contributed by atoms with Crippen LogP contribution in [0.4, 0.5) is 11.4 Å². The van der Waals surface area contributed by atoms with E-state index in [9.17, 15) is 13.5 Å². The second kappa shape index (κ2) is 5.59. The molecule has 6 nitrogen and oxygen atoms in total. The van der Waals surface area contributed by atoms with Gasteiger partial charge in [0, 0.05) is 38.9 Å². The third-order valence-corrected chi connectivity index (χ3v) is 4.59. The molecule has 2 rings (SSSR count). The highest BCUT2D eigenvalue weighted by molar-refractivity contribution is 7.90. The summed E-state index contributed by atoms with van der Waals surface area (Å²) in [6.07, 6.45) is 2.28. The number of hydrogen-bond acceptors (Lipinski definition) is 6. The molecule has 0 radical (unpaired) electrons. The predicted octanol–water partition coefficient (Wildman–Crippen LogP) is 0.626. The minimum absolute atomic E-state index is 0.185. The zero-order valence-electron chi connectivity index (χ0n) is 11.4. The Balaban J connectivity index is 2.07. The van der Waals surface area contributed by atoms with Crippen molar-refractivity contribution in [1.29, 1.82) is 0 Å². The largest absolute Gasteiger partial charge is 0.397 e. The molecule has 0 bridgehead atoms. The summed E-state index contributed by atoms with van der Waals surface area (Å²) in [4.78, 5) is 0.185. The molecule has 1 aliphatic rings. The predicted molar refractivity (Wildman–Crippen MR) is 77.5 cm³/mol. The Hall–Kier alpha value is -1.31. The van der Waals surface area contributed by atoms with Crippen LogP contribution >= 0.6 is 0 Å². The van der Waals surface area contributed by atoms with E-state index < -0.39 is 15.4 Å². The van der Waals surface area contributed by atoms with Gasteiger partial charge in [0.1, 0.15) is 0 Å². The van der Waals surface area contributed by atoms with Crippen molar-refractivity contribution < 1.29 is 18.3 Å². The lowest BCUT2D eigenvalue weighted by Gasteiger charge is -2.32. The fourth-order valence-corrected chi connectivity index (χ4v) is 2.78. The molecule has 7 heteroatoms. The topological polar surface area (TPSA) is 102 Å². The summed E-state index contributed by atoms with van der Waals surface area (Å²) < 4.78 is 28.1. The van der Waals surface area contributed by atoms with Crippen LogP contribution in [0, 0.1) is 0 Å². The van der Waals surface area contributed by atoms with Crippen LogP contribution in [0.15, 0.2) is 23.1 Å². The standard InChI is InChI=1S/C13H20N2O4S/c1-20(17,18)10-2-3-12(11(14)8-10)15-9-13(16)4-6-19-7-5-13/h2-3,8,15-16H,4-7,9,14H2,1H3. The lowest BCUT2D eigenvalue weighted by atomic mass is 9.94. The summed E-state index contributed by atoms with van der Waals surface area (Å²) >= 11 is 0. The second-order valence-electron chi connectivity index (χ2n) is 5.21. The smallest absolute Gasteiger partial charge is 0.175 e. The van der Waals surface area contributed by atoms with E-state index in [1.165, 1.54) is 12.1 Å². The maximum atomic E-state index is 11.4. The third kappa shape index (κ3) is 3.62. The quantitative estimate of drug-likeness (QED) is 0.705.